The topological polar surface area (TPSA) is 87.3 Å². The van der Waals surface area contributed by atoms with Crippen LogP contribution in [0.2, 0.25) is 5.02 Å². The van der Waals surface area contributed by atoms with Gasteiger partial charge in [-0.2, -0.15) is 0 Å². The van der Waals surface area contributed by atoms with Crippen molar-refractivity contribution in [1.82, 2.24) is 0 Å². The number of benzene rings is 1. The van der Waals surface area contributed by atoms with Crippen molar-refractivity contribution in [3.63, 3.8) is 0 Å². The highest BCUT2D eigenvalue weighted by Crippen LogP contribution is 2.34. The fraction of sp³-hybridized carbons (Fsp3) is 0.250. The molecule has 0 aromatic heterocycles. The van der Waals surface area contributed by atoms with Crippen molar-refractivity contribution < 1.29 is 14.4 Å². The summed E-state index contributed by atoms with van der Waals surface area (Å²) in [6.45, 7) is 4.02. The van der Waals surface area contributed by atoms with Gasteiger partial charge >= 0.3 is 0 Å². The molecule has 1 aromatic carbocycles. The second-order valence-electron chi connectivity index (χ2n) is 3.93. The number of rotatable bonds is 3. The molecule has 102 valence electrons. The van der Waals surface area contributed by atoms with Crippen LogP contribution in [0.3, 0.4) is 0 Å². The second-order valence-corrected chi connectivity index (χ2v) is 4.31. The summed E-state index contributed by atoms with van der Waals surface area (Å²) in [4.78, 5) is 33.2. The molecular weight excluding hydrogens is 270 g/mol. The molecule has 0 atom stereocenters. The molecule has 7 heteroatoms. The van der Waals surface area contributed by atoms with Crippen LogP contribution >= 0.6 is 11.6 Å². The Balaban J connectivity index is 3.24. The maximum absolute atomic E-state index is 11.1. The first-order valence-corrected chi connectivity index (χ1v) is 5.83. The Bertz CT molecular complexity index is 506. The number of hydrogen-bond acceptors (Lipinski definition) is 3. The highest BCUT2D eigenvalue weighted by molar-refractivity contribution is 6.37. The molecule has 0 spiro atoms. The summed E-state index contributed by atoms with van der Waals surface area (Å²) in [6.07, 6.45) is 0. The van der Waals surface area contributed by atoms with Crippen molar-refractivity contribution in [1.29, 1.82) is 0 Å². The van der Waals surface area contributed by atoms with Gasteiger partial charge in [-0.25, -0.2) is 0 Å². The number of amides is 3. The number of halogens is 1. The van der Waals surface area contributed by atoms with Crippen molar-refractivity contribution >= 4 is 46.4 Å². The molecule has 6 nitrogen and oxygen atoms in total. The van der Waals surface area contributed by atoms with Crippen LogP contribution in [-0.4, -0.2) is 17.7 Å². The molecule has 0 heterocycles. The summed E-state index contributed by atoms with van der Waals surface area (Å²) in [5.41, 5.74) is 1.04. The van der Waals surface area contributed by atoms with Crippen LogP contribution in [0.1, 0.15) is 20.8 Å². The zero-order chi connectivity index (χ0) is 14.6. The average molecular weight is 284 g/mol. The van der Waals surface area contributed by atoms with Crippen LogP contribution < -0.4 is 16.0 Å². The Morgan fingerprint density at radius 2 is 1.21 bits per heavy atom. The summed E-state index contributed by atoms with van der Waals surface area (Å²) >= 11 is 6.06. The lowest BCUT2D eigenvalue weighted by atomic mass is 10.2. The van der Waals surface area contributed by atoms with Crippen LogP contribution in [0, 0.1) is 0 Å². The molecule has 0 saturated heterocycles. The summed E-state index contributed by atoms with van der Waals surface area (Å²) in [5, 5.41) is 7.81. The maximum atomic E-state index is 11.1. The van der Waals surface area contributed by atoms with Crippen molar-refractivity contribution in [2.75, 3.05) is 16.0 Å². The maximum Gasteiger partial charge on any atom is 0.221 e. The zero-order valence-electron chi connectivity index (χ0n) is 10.8. The Hall–Kier alpha value is -2.08. The molecule has 0 fully saturated rings. The van der Waals surface area contributed by atoms with Gasteiger partial charge in [0.1, 0.15) is 0 Å². The predicted octanol–water partition coefficient (Wildman–Crippen LogP) is 2.22. The van der Waals surface area contributed by atoms with Gasteiger partial charge in [0, 0.05) is 26.5 Å². The fourth-order valence-electron chi connectivity index (χ4n) is 1.46. The number of hydrogen-bond donors (Lipinski definition) is 3. The van der Waals surface area contributed by atoms with Gasteiger partial charge in [-0.15, -0.1) is 0 Å². The molecular formula is C12H14ClN3O3. The summed E-state index contributed by atoms with van der Waals surface area (Å²) in [7, 11) is 0. The third-order valence-corrected chi connectivity index (χ3v) is 2.42. The van der Waals surface area contributed by atoms with E-state index in [0.717, 1.165) is 0 Å². The van der Waals surface area contributed by atoms with E-state index in [2.05, 4.69) is 16.0 Å². The minimum Gasteiger partial charge on any atom is -0.326 e. The van der Waals surface area contributed by atoms with Crippen molar-refractivity contribution in [3.05, 3.63) is 17.2 Å². The molecule has 19 heavy (non-hydrogen) atoms. The molecule has 1 rings (SSSR count). The average Bonchev–Trinajstić information content (AvgIpc) is 2.22. The van der Waals surface area contributed by atoms with Gasteiger partial charge < -0.3 is 16.0 Å². The molecule has 1 aromatic rings. The first-order chi connectivity index (χ1) is 8.79. The van der Waals surface area contributed by atoms with E-state index in [0.29, 0.717) is 17.1 Å². The Labute approximate surface area is 115 Å². The quantitative estimate of drug-likeness (QED) is 0.795. The van der Waals surface area contributed by atoms with Gasteiger partial charge in [0.2, 0.25) is 17.7 Å². The van der Waals surface area contributed by atoms with E-state index in [1.165, 1.54) is 32.9 Å². The Morgan fingerprint density at radius 3 is 1.53 bits per heavy atom. The fourth-order valence-corrected chi connectivity index (χ4v) is 1.66. The molecule has 0 aliphatic carbocycles. The molecule has 0 aliphatic rings. The van der Waals surface area contributed by atoms with E-state index in [-0.39, 0.29) is 22.7 Å². The van der Waals surface area contributed by atoms with Crippen LogP contribution in [0.5, 0.6) is 0 Å². The van der Waals surface area contributed by atoms with E-state index >= 15 is 0 Å². The monoisotopic (exact) mass is 283 g/mol. The summed E-state index contributed by atoms with van der Waals surface area (Å²) in [5.74, 6) is -0.892. The SMILES string of the molecule is CC(=O)Nc1cc(NC(C)=O)c(Cl)c(NC(C)=O)c1. The highest BCUT2D eigenvalue weighted by Gasteiger charge is 2.12. The predicted molar refractivity (Wildman–Crippen MR) is 74.4 cm³/mol. The van der Waals surface area contributed by atoms with E-state index in [4.69, 9.17) is 11.6 Å². The standard InChI is InChI=1S/C12H14ClN3O3/c1-6(17)14-9-4-10(15-7(2)18)12(13)11(5-9)16-8(3)19/h4-5H,1-3H3,(H,14,17)(H,15,18)(H,16,19). The molecule has 0 saturated carbocycles. The number of anilines is 3. The van der Waals surface area contributed by atoms with E-state index < -0.39 is 0 Å². The smallest absolute Gasteiger partial charge is 0.221 e. The Kier molecular flexibility index (Phi) is 4.88. The summed E-state index contributed by atoms with van der Waals surface area (Å²) < 4.78 is 0. The summed E-state index contributed by atoms with van der Waals surface area (Å²) in [6, 6.07) is 3.02. The normalized spacial score (nSPS) is 9.68. The number of nitrogens with one attached hydrogen (secondary N) is 3. The van der Waals surface area contributed by atoms with Crippen molar-refractivity contribution in [3.8, 4) is 0 Å². The second kappa shape index (κ2) is 6.19. The van der Waals surface area contributed by atoms with E-state index in [1.807, 2.05) is 0 Å². The van der Waals surface area contributed by atoms with Crippen LogP contribution in [0.15, 0.2) is 12.1 Å². The first kappa shape index (κ1) is 15.0. The van der Waals surface area contributed by atoms with Gasteiger partial charge in [0.15, 0.2) is 0 Å². The van der Waals surface area contributed by atoms with Crippen molar-refractivity contribution in [2.45, 2.75) is 20.8 Å². The lowest BCUT2D eigenvalue weighted by Crippen LogP contribution is -2.12. The van der Waals surface area contributed by atoms with Crippen LogP contribution in [-0.2, 0) is 14.4 Å². The lowest BCUT2D eigenvalue weighted by Gasteiger charge is -2.13. The van der Waals surface area contributed by atoms with Crippen molar-refractivity contribution in [2.24, 2.45) is 0 Å². The third kappa shape index (κ3) is 4.59. The van der Waals surface area contributed by atoms with Gasteiger partial charge in [0.05, 0.1) is 16.4 Å². The number of carbonyl (C=O) groups excluding carboxylic acids is 3. The third-order valence-electron chi connectivity index (χ3n) is 2.01. The molecule has 0 unspecified atom stereocenters. The van der Waals surface area contributed by atoms with Gasteiger partial charge in [-0.1, -0.05) is 11.6 Å². The molecule has 0 radical (unpaired) electrons. The highest BCUT2D eigenvalue weighted by atomic mass is 35.5. The van der Waals surface area contributed by atoms with Crippen LogP contribution in [0.4, 0.5) is 17.1 Å². The molecule has 0 aliphatic heterocycles. The van der Waals surface area contributed by atoms with Crippen LogP contribution in [0.25, 0.3) is 0 Å². The number of carbonyl (C=O) groups is 3. The van der Waals surface area contributed by atoms with Gasteiger partial charge in [-0.3, -0.25) is 14.4 Å². The van der Waals surface area contributed by atoms with E-state index in [1.54, 1.807) is 0 Å². The van der Waals surface area contributed by atoms with Gasteiger partial charge in [0.25, 0.3) is 0 Å². The molecule has 3 N–H and O–H groups in total. The lowest BCUT2D eigenvalue weighted by molar-refractivity contribution is -0.115. The largest absolute Gasteiger partial charge is 0.326 e. The first-order valence-electron chi connectivity index (χ1n) is 5.46. The minimum absolute atomic E-state index is 0.194. The zero-order valence-corrected chi connectivity index (χ0v) is 11.5. The Morgan fingerprint density at radius 1 is 0.842 bits per heavy atom. The minimum atomic E-state index is -0.310. The molecule has 3 amide bonds. The molecule has 0 bridgehead atoms. The van der Waals surface area contributed by atoms with Gasteiger partial charge in [-0.05, 0) is 12.1 Å². The van der Waals surface area contributed by atoms with E-state index in [9.17, 15) is 14.4 Å².